The van der Waals surface area contributed by atoms with Crippen LogP contribution in [0.5, 0.6) is 5.75 Å². The van der Waals surface area contributed by atoms with Crippen molar-refractivity contribution in [1.29, 1.82) is 0 Å². The predicted molar refractivity (Wildman–Crippen MR) is 124 cm³/mol. The third kappa shape index (κ3) is 4.99. The van der Waals surface area contributed by atoms with Gasteiger partial charge in [0.15, 0.2) is 5.82 Å². The van der Waals surface area contributed by atoms with E-state index in [-0.39, 0.29) is 21.6 Å². The summed E-state index contributed by atoms with van der Waals surface area (Å²) in [6, 6.07) is 11.5. The second-order valence-electron chi connectivity index (χ2n) is 6.65. The number of benzene rings is 2. The Hall–Kier alpha value is -2.80. The zero-order valence-electron chi connectivity index (χ0n) is 17.4. The number of aromatic nitrogens is 3. The van der Waals surface area contributed by atoms with Gasteiger partial charge in [0.25, 0.3) is 0 Å². The number of rotatable bonds is 8. The van der Waals surface area contributed by atoms with E-state index in [1.54, 1.807) is 19.2 Å². The summed E-state index contributed by atoms with van der Waals surface area (Å²) in [7, 11) is 0.581. The smallest absolute Gasteiger partial charge is 0.244 e. The number of methoxy groups -OCH3 is 1. The first kappa shape index (κ1) is 23.9. The highest BCUT2D eigenvalue weighted by Crippen LogP contribution is 2.30. The van der Waals surface area contributed by atoms with Crippen molar-refractivity contribution in [2.75, 3.05) is 38.1 Å². The summed E-state index contributed by atoms with van der Waals surface area (Å²) in [4.78, 5) is 12.3. The summed E-state index contributed by atoms with van der Waals surface area (Å²) in [5.74, 6) is 6.68. The molecule has 3 N–H and O–H groups in total. The standard InChI is InChI=1S/C19H21ClN6O4S2/c1-25(2)32(28,29)16-10-12(8-9-14(16)20)22-17(27)11-31-19-24-23-18(26(19)21)13-6-4-5-7-15(13)30-3/h4-10H,11,21H2,1-3H3,(H,22,27). The molecule has 0 saturated heterocycles. The first-order valence-corrected chi connectivity index (χ1v) is 11.9. The van der Waals surface area contributed by atoms with Gasteiger partial charge in [-0.25, -0.2) is 17.4 Å². The average Bonchev–Trinajstić information content (AvgIpc) is 3.13. The Morgan fingerprint density at radius 3 is 2.66 bits per heavy atom. The van der Waals surface area contributed by atoms with Gasteiger partial charge in [0.2, 0.25) is 21.1 Å². The van der Waals surface area contributed by atoms with Gasteiger partial charge in [0.05, 0.1) is 23.4 Å². The largest absolute Gasteiger partial charge is 0.496 e. The van der Waals surface area contributed by atoms with Crippen LogP contribution in [0.3, 0.4) is 0 Å². The number of nitrogens with two attached hydrogens (primary N) is 1. The molecule has 0 unspecified atom stereocenters. The minimum absolute atomic E-state index is 0.0281. The van der Waals surface area contributed by atoms with Gasteiger partial charge in [0, 0.05) is 19.8 Å². The first-order chi connectivity index (χ1) is 15.1. The zero-order valence-corrected chi connectivity index (χ0v) is 19.8. The topological polar surface area (TPSA) is 132 Å². The van der Waals surface area contributed by atoms with Crippen LogP contribution in [-0.2, 0) is 14.8 Å². The van der Waals surface area contributed by atoms with Crippen LogP contribution < -0.4 is 15.9 Å². The molecule has 32 heavy (non-hydrogen) atoms. The molecule has 0 radical (unpaired) electrons. The minimum Gasteiger partial charge on any atom is -0.496 e. The number of nitrogens with zero attached hydrogens (tertiary/aromatic N) is 4. The Morgan fingerprint density at radius 2 is 1.97 bits per heavy atom. The lowest BCUT2D eigenvalue weighted by Crippen LogP contribution is -2.23. The number of anilines is 1. The lowest BCUT2D eigenvalue weighted by molar-refractivity contribution is -0.113. The number of amides is 1. The van der Waals surface area contributed by atoms with Crippen LogP contribution in [0.4, 0.5) is 5.69 Å². The number of hydrogen-bond donors (Lipinski definition) is 2. The van der Waals surface area contributed by atoms with E-state index in [0.29, 0.717) is 28.0 Å². The zero-order chi connectivity index (χ0) is 23.5. The fourth-order valence-corrected chi connectivity index (χ4v) is 4.74. The SMILES string of the molecule is COc1ccccc1-c1nnc(SCC(=O)Nc2ccc(Cl)c(S(=O)(=O)N(C)C)c2)n1N. The third-order valence-electron chi connectivity index (χ3n) is 4.32. The molecular weight excluding hydrogens is 476 g/mol. The highest BCUT2D eigenvalue weighted by molar-refractivity contribution is 7.99. The number of hydrogen-bond acceptors (Lipinski definition) is 8. The van der Waals surface area contributed by atoms with Crippen LogP contribution in [0.25, 0.3) is 11.4 Å². The lowest BCUT2D eigenvalue weighted by Gasteiger charge is -2.14. The average molecular weight is 497 g/mol. The summed E-state index contributed by atoms with van der Waals surface area (Å²) in [6.07, 6.45) is 0. The maximum absolute atomic E-state index is 12.4. The summed E-state index contributed by atoms with van der Waals surface area (Å²) in [5, 5.41) is 11.2. The lowest BCUT2D eigenvalue weighted by atomic mass is 10.2. The molecule has 3 aromatic rings. The molecule has 1 heterocycles. The molecule has 2 aromatic carbocycles. The van der Waals surface area contributed by atoms with Crippen LogP contribution in [0.2, 0.25) is 5.02 Å². The van der Waals surface area contributed by atoms with Crippen LogP contribution in [0.15, 0.2) is 52.5 Å². The van der Waals surface area contributed by atoms with Crippen LogP contribution >= 0.6 is 23.4 Å². The molecule has 0 aliphatic heterocycles. The van der Waals surface area contributed by atoms with E-state index in [1.807, 2.05) is 12.1 Å². The van der Waals surface area contributed by atoms with Gasteiger partial charge in [0.1, 0.15) is 10.6 Å². The molecule has 13 heteroatoms. The first-order valence-electron chi connectivity index (χ1n) is 9.13. The Morgan fingerprint density at radius 1 is 1.25 bits per heavy atom. The number of para-hydroxylation sites is 1. The molecule has 170 valence electrons. The maximum Gasteiger partial charge on any atom is 0.244 e. The summed E-state index contributed by atoms with van der Waals surface area (Å²) in [5.41, 5.74) is 0.960. The normalized spacial score (nSPS) is 11.5. The Labute approximate surface area is 194 Å². The van der Waals surface area contributed by atoms with Gasteiger partial charge >= 0.3 is 0 Å². The van der Waals surface area contributed by atoms with Crippen molar-refractivity contribution in [2.45, 2.75) is 10.1 Å². The van der Waals surface area contributed by atoms with E-state index in [9.17, 15) is 13.2 Å². The molecule has 0 spiro atoms. The number of sulfonamides is 1. The van der Waals surface area contributed by atoms with Gasteiger partial charge in [-0.3, -0.25) is 4.79 Å². The van der Waals surface area contributed by atoms with Crippen LogP contribution in [0, 0.1) is 0 Å². The Balaban J connectivity index is 1.71. The number of ether oxygens (including phenoxy) is 1. The highest BCUT2D eigenvalue weighted by Gasteiger charge is 2.22. The van der Waals surface area contributed by atoms with Crippen molar-refractivity contribution < 1.29 is 17.9 Å². The van der Waals surface area contributed by atoms with E-state index < -0.39 is 10.0 Å². The van der Waals surface area contributed by atoms with Crippen molar-refractivity contribution in [1.82, 2.24) is 19.2 Å². The monoisotopic (exact) mass is 496 g/mol. The van der Waals surface area contributed by atoms with Crippen LogP contribution in [-0.4, -0.2) is 60.5 Å². The van der Waals surface area contributed by atoms with E-state index >= 15 is 0 Å². The number of thioether (sulfide) groups is 1. The molecule has 1 aromatic heterocycles. The molecular formula is C19H21ClN6O4S2. The van der Waals surface area contributed by atoms with E-state index in [2.05, 4.69) is 15.5 Å². The van der Waals surface area contributed by atoms with Gasteiger partial charge in [-0.15, -0.1) is 10.2 Å². The number of carbonyl (C=O) groups is 1. The van der Waals surface area contributed by atoms with Gasteiger partial charge < -0.3 is 15.9 Å². The molecule has 0 aliphatic rings. The third-order valence-corrected chi connectivity index (χ3v) is 7.56. The van der Waals surface area contributed by atoms with Gasteiger partial charge in [-0.05, 0) is 30.3 Å². The Bertz CT molecular complexity index is 1250. The number of halogens is 1. The molecule has 0 atom stereocenters. The summed E-state index contributed by atoms with van der Waals surface area (Å²) < 4.78 is 32.4. The van der Waals surface area contributed by atoms with Crippen molar-refractivity contribution in [3.8, 4) is 17.1 Å². The van der Waals surface area contributed by atoms with E-state index in [4.69, 9.17) is 22.2 Å². The second-order valence-corrected chi connectivity index (χ2v) is 10.1. The van der Waals surface area contributed by atoms with Crippen molar-refractivity contribution >= 4 is 45.0 Å². The van der Waals surface area contributed by atoms with Crippen LogP contribution in [0.1, 0.15) is 0 Å². The van der Waals surface area contributed by atoms with E-state index in [1.165, 1.54) is 37.0 Å². The van der Waals surface area contributed by atoms with Crippen molar-refractivity contribution in [3.05, 3.63) is 47.5 Å². The molecule has 10 nitrogen and oxygen atoms in total. The molecule has 0 bridgehead atoms. The molecule has 3 rings (SSSR count). The van der Waals surface area contributed by atoms with Gasteiger partial charge in [-0.2, -0.15) is 0 Å². The van der Waals surface area contributed by atoms with Crippen molar-refractivity contribution in [3.63, 3.8) is 0 Å². The number of nitrogens with one attached hydrogen (secondary N) is 1. The fourth-order valence-electron chi connectivity index (χ4n) is 2.69. The summed E-state index contributed by atoms with van der Waals surface area (Å²) in [6.45, 7) is 0. The summed E-state index contributed by atoms with van der Waals surface area (Å²) >= 11 is 7.11. The second kappa shape index (κ2) is 9.77. The number of nitrogen functional groups attached to an aromatic ring is 1. The predicted octanol–water partition coefficient (Wildman–Crippen LogP) is 2.30. The quantitative estimate of drug-likeness (QED) is 0.358. The Kier molecular flexibility index (Phi) is 7.29. The van der Waals surface area contributed by atoms with Crippen molar-refractivity contribution in [2.24, 2.45) is 0 Å². The highest BCUT2D eigenvalue weighted by atomic mass is 35.5. The number of carbonyl (C=O) groups excluding carboxylic acids is 1. The minimum atomic E-state index is -3.76. The fraction of sp³-hybridized carbons (Fsp3) is 0.211. The van der Waals surface area contributed by atoms with Gasteiger partial charge in [-0.1, -0.05) is 35.5 Å². The molecule has 1 amide bonds. The molecule has 0 fully saturated rings. The maximum atomic E-state index is 12.4. The van der Waals surface area contributed by atoms with E-state index in [0.717, 1.165) is 16.1 Å². The molecule has 0 saturated carbocycles. The molecule has 0 aliphatic carbocycles.